The van der Waals surface area contributed by atoms with Crippen molar-refractivity contribution in [3.05, 3.63) is 35.4 Å². The molecule has 0 saturated heterocycles. The summed E-state index contributed by atoms with van der Waals surface area (Å²) in [5.74, 6) is 0. The Bertz CT molecular complexity index is 300. The van der Waals surface area contributed by atoms with Crippen molar-refractivity contribution in [1.82, 2.24) is 0 Å². The normalized spacial score (nSPS) is 19.5. The van der Waals surface area contributed by atoms with Crippen LogP contribution in [-0.2, 0) is 6.42 Å². The summed E-state index contributed by atoms with van der Waals surface area (Å²) < 4.78 is 0. The van der Waals surface area contributed by atoms with Gasteiger partial charge in [-0.3, -0.25) is 0 Å². The van der Waals surface area contributed by atoms with Crippen LogP contribution >= 0.6 is 0 Å². The molecular formula is C12H16O. The molecule has 1 N–H and O–H groups in total. The molecule has 1 saturated carbocycles. The lowest BCUT2D eigenvalue weighted by molar-refractivity contribution is -0.0324. The maximum atomic E-state index is 9.99. The van der Waals surface area contributed by atoms with Gasteiger partial charge < -0.3 is 5.11 Å². The molecular weight excluding hydrogens is 160 g/mol. The highest BCUT2D eigenvalue weighted by atomic mass is 16.3. The summed E-state index contributed by atoms with van der Waals surface area (Å²) in [4.78, 5) is 0. The fourth-order valence-electron chi connectivity index (χ4n) is 1.92. The third-order valence-corrected chi connectivity index (χ3v) is 3.07. The highest BCUT2D eigenvalue weighted by molar-refractivity contribution is 5.27. The lowest BCUT2D eigenvalue weighted by atomic mass is 9.75. The quantitative estimate of drug-likeness (QED) is 0.734. The first-order chi connectivity index (χ1) is 6.20. The number of hydrogen-bond acceptors (Lipinski definition) is 1. The standard InChI is InChI=1S/C12H16O/c1-10-5-2-3-6-11(10)9-12(13)7-4-8-12/h2-3,5-6,13H,4,7-9H2,1H3. The van der Waals surface area contributed by atoms with Crippen molar-refractivity contribution in [3.8, 4) is 0 Å². The maximum absolute atomic E-state index is 9.99. The van der Waals surface area contributed by atoms with Gasteiger partial charge in [-0.2, -0.15) is 0 Å². The van der Waals surface area contributed by atoms with Crippen molar-refractivity contribution < 1.29 is 5.11 Å². The van der Waals surface area contributed by atoms with E-state index in [2.05, 4.69) is 19.1 Å². The van der Waals surface area contributed by atoms with E-state index in [4.69, 9.17) is 0 Å². The zero-order valence-corrected chi connectivity index (χ0v) is 8.09. The summed E-state index contributed by atoms with van der Waals surface area (Å²) in [5, 5.41) is 9.99. The molecule has 1 aliphatic rings. The minimum atomic E-state index is -0.383. The summed E-state index contributed by atoms with van der Waals surface area (Å²) in [6.45, 7) is 2.11. The van der Waals surface area contributed by atoms with Crippen LogP contribution in [0.1, 0.15) is 30.4 Å². The molecule has 0 spiro atoms. The average molecular weight is 176 g/mol. The van der Waals surface area contributed by atoms with Crippen molar-refractivity contribution in [2.45, 2.75) is 38.2 Å². The molecule has 1 aliphatic carbocycles. The summed E-state index contributed by atoms with van der Waals surface area (Å²) in [5.41, 5.74) is 2.21. The molecule has 0 heterocycles. The Hall–Kier alpha value is -0.820. The third-order valence-electron chi connectivity index (χ3n) is 3.07. The van der Waals surface area contributed by atoms with Crippen molar-refractivity contribution in [2.75, 3.05) is 0 Å². The number of aryl methyl sites for hydroxylation is 1. The second kappa shape index (κ2) is 3.15. The second-order valence-electron chi connectivity index (χ2n) is 4.18. The molecule has 0 bridgehead atoms. The first-order valence-electron chi connectivity index (χ1n) is 4.97. The molecule has 0 aromatic heterocycles. The van der Waals surface area contributed by atoms with Gasteiger partial charge >= 0.3 is 0 Å². The fourth-order valence-corrected chi connectivity index (χ4v) is 1.92. The monoisotopic (exact) mass is 176 g/mol. The Morgan fingerprint density at radius 3 is 2.54 bits per heavy atom. The maximum Gasteiger partial charge on any atom is 0.0688 e. The van der Waals surface area contributed by atoms with E-state index in [1.54, 1.807) is 0 Å². The van der Waals surface area contributed by atoms with Gasteiger partial charge in [-0.25, -0.2) is 0 Å². The first kappa shape index (κ1) is 8.76. The molecule has 1 aromatic carbocycles. The Morgan fingerprint density at radius 2 is 2.00 bits per heavy atom. The molecule has 0 radical (unpaired) electrons. The van der Waals surface area contributed by atoms with Gasteiger partial charge in [-0.15, -0.1) is 0 Å². The Kier molecular flexibility index (Phi) is 2.12. The van der Waals surface area contributed by atoms with E-state index in [1.165, 1.54) is 17.5 Å². The van der Waals surface area contributed by atoms with Gasteiger partial charge in [0.05, 0.1) is 5.60 Å². The predicted molar refractivity (Wildman–Crippen MR) is 53.7 cm³/mol. The second-order valence-corrected chi connectivity index (χ2v) is 4.18. The Labute approximate surface area is 79.4 Å². The molecule has 1 fully saturated rings. The topological polar surface area (TPSA) is 20.2 Å². The first-order valence-corrected chi connectivity index (χ1v) is 4.97. The van der Waals surface area contributed by atoms with E-state index >= 15 is 0 Å². The number of rotatable bonds is 2. The number of aliphatic hydroxyl groups is 1. The summed E-state index contributed by atoms with van der Waals surface area (Å²) >= 11 is 0. The molecule has 0 atom stereocenters. The smallest absolute Gasteiger partial charge is 0.0688 e. The summed E-state index contributed by atoms with van der Waals surface area (Å²) in [7, 11) is 0. The predicted octanol–water partition coefficient (Wildman–Crippen LogP) is 2.45. The average Bonchev–Trinajstić information content (AvgIpc) is 2.06. The van der Waals surface area contributed by atoms with Gasteiger partial charge in [-0.1, -0.05) is 24.3 Å². The van der Waals surface area contributed by atoms with Crippen LogP contribution in [0, 0.1) is 6.92 Å². The van der Waals surface area contributed by atoms with Crippen LogP contribution in [0.5, 0.6) is 0 Å². The molecule has 2 rings (SSSR count). The fraction of sp³-hybridized carbons (Fsp3) is 0.500. The van der Waals surface area contributed by atoms with E-state index < -0.39 is 0 Å². The lowest BCUT2D eigenvalue weighted by Gasteiger charge is -2.37. The van der Waals surface area contributed by atoms with E-state index in [9.17, 15) is 5.11 Å². The van der Waals surface area contributed by atoms with Crippen LogP contribution in [0.3, 0.4) is 0 Å². The lowest BCUT2D eigenvalue weighted by Crippen LogP contribution is -2.39. The zero-order valence-electron chi connectivity index (χ0n) is 8.09. The van der Waals surface area contributed by atoms with Crippen molar-refractivity contribution >= 4 is 0 Å². The van der Waals surface area contributed by atoms with Gasteiger partial charge in [0.15, 0.2) is 0 Å². The Balaban J connectivity index is 2.13. The molecule has 1 aromatic rings. The van der Waals surface area contributed by atoms with Gasteiger partial charge in [0.1, 0.15) is 0 Å². The third kappa shape index (κ3) is 1.75. The molecule has 13 heavy (non-hydrogen) atoms. The van der Waals surface area contributed by atoms with Crippen molar-refractivity contribution in [1.29, 1.82) is 0 Å². The molecule has 1 nitrogen and oxygen atoms in total. The zero-order chi connectivity index (χ0) is 9.31. The number of hydrogen-bond donors (Lipinski definition) is 1. The van der Waals surface area contributed by atoms with E-state index in [1.807, 2.05) is 12.1 Å². The van der Waals surface area contributed by atoms with E-state index in [-0.39, 0.29) is 5.60 Å². The van der Waals surface area contributed by atoms with Gasteiger partial charge in [-0.05, 0) is 37.3 Å². The van der Waals surface area contributed by atoms with Crippen molar-refractivity contribution in [2.24, 2.45) is 0 Å². The Morgan fingerprint density at radius 1 is 1.31 bits per heavy atom. The number of benzene rings is 1. The minimum absolute atomic E-state index is 0.383. The van der Waals surface area contributed by atoms with Crippen LogP contribution in [0.2, 0.25) is 0 Å². The SMILES string of the molecule is Cc1ccccc1CC1(O)CCC1. The van der Waals surface area contributed by atoms with E-state index in [0.717, 1.165) is 19.3 Å². The van der Waals surface area contributed by atoms with Crippen LogP contribution < -0.4 is 0 Å². The van der Waals surface area contributed by atoms with E-state index in [0.29, 0.717) is 0 Å². The van der Waals surface area contributed by atoms with Crippen LogP contribution in [-0.4, -0.2) is 10.7 Å². The molecule has 70 valence electrons. The van der Waals surface area contributed by atoms with Crippen LogP contribution in [0.4, 0.5) is 0 Å². The largest absolute Gasteiger partial charge is 0.390 e. The van der Waals surface area contributed by atoms with Crippen molar-refractivity contribution in [3.63, 3.8) is 0 Å². The van der Waals surface area contributed by atoms with Crippen LogP contribution in [0.15, 0.2) is 24.3 Å². The molecule has 0 amide bonds. The molecule has 0 aliphatic heterocycles. The highest BCUT2D eigenvalue weighted by Crippen LogP contribution is 2.35. The van der Waals surface area contributed by atoms with Gasteiger partial charge in [0.25, 0.3) is 0 Å². The van der Waals surface area contributed by atoms with Gasteiger partial charge in [0, 0.05) is 6.42 Å². The molecule has 1 heteroatoms. The molecule has 0 unspecified atom stereocenters. The highest BCUT2D eigenvalue weighted by Gasteiger charge is 2.34. The summed E-state index contributed by atoms with van der Waals surface area (Å²) in [6, 6.07) is 8.32. The summed E-state index contributed by atoms with van der Waals surface area (Å²) in [6.07, 6.45) is 3.96. The minimum Gasteiger partial charge on any atom is -0.390 e. The van der Waals surface area contributed by atoms with Gasteiger partial charge in [0.2, 0.25) is 0 Å². The van der Waals surface area contributed by atoms with Crippen LogP contribution in [0.25, 0.3) is 0 Å².